The number of benzene rings is 4. The molecule has 1 N–H and O–H groups in total. The molecule has 0 radical (unpaired) electrons. The molecule has 0 saturated heterocycles. The van der Waals surface area contributed by atoms with E-state index in [1.165, 1.54) is 20.7 Å². The first-order valence-electron chi connectivity index (χ1n) is 15.5. The molecule has 0 saturated carbocycles. The van der Waals surface area contributed by atoms with Crippen molar-refractivity contribution >= 4 is 37.4 Å². The average molecular weight is 623 g/mol. The van der Waals surface area contributed by atoms with Crippen molar-refractivity contribution in [3.63, 3.8) is 0 Å². The Hall–Kier alpha value is -3.27. The van der Waals surface area contributed by atoms with Crippen molar-refractivity contribution in [1.29, 1.82) is 0 Å². The summed E-state index contributed by atoms with van der Waals surface area (Å²) in [5.41, 5.74) is 0. The molecule has 1 aliphatic rings. The van der Waals surface area contributed by atoms with E-state index in [0.717, 1.165) is 0 Å². The molecule has 0 fully saturated rings. The predicted molar refractivity (Wildman–Crippen MR) is 186 cm³/mol. The monoisotopic (exact) mass is 622 g/mol. The van der Waals surface area contributed by atoms with Crippen LogP contribution < -0.4 is 20.7 Å². The van der Waals surface area contributed by atoms with Crippen molar-refractivity contribution in [2.75, 3.05) is 6.61 Å². The fraction of sp³-hybridized carbons (Fsp3) is 0.316. The van der Waals surface area contributed by atoms with E-state index < -0.39 is 34.9 Å². The van der Waals surface area contributed by atoms with Crippen molar-refractivity contribution in [2.24, 2.45) is 0 Å². The maximum Gasteiger partial charge on any atom is 0.262 e. The van der Waals surface area contributed by atoms with Crippen LogP contribution in [0.3, 0.4) is 0 Å². The van der Waals surface area contributed by atoms with E-state index in [1.807, 2.05) is 30.3 Å². The SMILES string of the molecule is CC(C)(C)[Si](OCC1OC=CC(O[Si](c2ccccc2)(c2ccccc2)C(C)(C)C)C1O)(c1ccccc1)c1ccccc1. The van der Waals surface area contributed by atoms with Gasteiger partial charge in [-0.3, -0.25) is 0 Å². The predicted octanol–water partition coefficient (Wildman–Crippen LogP) is 5.78. The summed E-state index contributed by atoms with van der Waals surface area (Å²) < 4.78 is 20.6. The third-order valence-electron chi connectivity index (χ3n) is 8.85. The molecule has 0 aliphatic carbocycles. The number of rotatable bonds is 9. The molecule has 5 rings (SSSR count). The molecule has 0 bridgehead atoms. The third-order valence-corrected chi connectivity index (χ3v) is 18.9. The van der Waals surface area contributed by atoms with Gasteiger partial charge < -0.3 is 18.7 Å². The first kappa shape index (κ1) is 32.1. The second kappa shape index (κ2) is 13.0. The van der Waals surface area contributed by atoms with Gasteiger partial charge in [-0.05, 0) is 36.9 Å². The van der Waals surface area contributed by atoms with Gasteiger partial charge in [0.05, 0.1) is 19.0 Å². The van der Waals surface area contributed by atoms with E-state index >= 15 is 0 Å². The highest BCUT2D eigenvalue weighted by molar-refractivity contribution is 7.00. The minimum Gasteiger partial charge on any atom is -0.493 e. The average Bonchev–Trinajstić information content (AvgIpc) is 3.02. The number of ether oxygens (including phenoxy) is 1. The second-order valence-electron chi connectivity index (χ2n) is 13.7. The normalized spacial score (nSPS) is 19.4. The third kappa shape index (κ3) is 6.02. The molecular weight excluding hydrogens is 577 g/mol. The molecule has 4 aromatic carbocycles. The summed E-state index contributed by atoms with van der Waals surface area (Å²) in [6.07, 6.45) is 1.48. The Morgan fingerprint density at radius 2 is 0.955 bits per heavy atom. The summed E-state index contributed by atoms with van der Waals surface area (Å²) in [6, 6.07) is 42.2. The minimum absolute atomic E-state index is 0.185. The quantitative estimate of drug-likeness (QED) is 0.241. The van der Waals surface area contributed by atoms with Crippen molar-refractivity contribution in [3.8, 4) is 0 Å². The Labute approximate surface area is 265 Å². The fourth-order valence-electron chi connectivity index (χ4n) is 6.74. The van der Waals surface area contributed by atoms with Gasteiger partial charge in [-0.15, -0.1) is 0 Å². The van der Waals surface area contributed by atoms with Gasteiger partial charge in [0.25, 0.3) is 16.6 Å². The Balaban J connectivity index is 1.50. The Kier molecular flexibility index (Phi) is 9.49. The zero-order valence-electron chi connectivity index (χ0n) is 26.8. The molecule has 0 spiro atoms. The van der Waals surface area contributed by atoms with Gasteiger partial charge in [-0.25, -0.2) is 0 Å². The van der Waals surface area contributed by atoms with Crippen molar-refractivity contribution in [2.45, 2.75) is 69.9 Å². The van der Waals surface area contributed by atoms with E-state index in [-0.39, 0.29) is 16.7 Å². The van der Waals surface area contributed by atoms with Crippen LogP contribution in [0.15, 0.2) is 134 Å². The van der Waals surface area contributed by atoms with E-state index in [9.17, 15) is 5.11 Å². The fourth-order valence-corrected chi connectivity index (χ4v) is 16.0. The standard InChI is InChI=1S/C38H46O4Si2/c1-37(2,3)43(30-19-11-7-12-20-30,31-21-13-8-14-22-31)41-29-35-36(39)34(27-28-40-35)42-44(38(4,5)6,32-23-15-9-16-24-32)33-25-17-10-18-26-33/h7-28,34-36,39H,29H2,1-6H3. The summed E-state index contributed by atoms with van der Waals surface area (Å²) in [6.45, 7) is 13.7. The lowest BCUT2D eigenvalue weighted by Crippen LogP contribution is -2.69. The summed E-state index contributed by atoms with van der Waals surface area (Å²) in [4.78, 5) is 0. The van der Waals surface area contributed by atoms with E-state index in [4.69, 9.17) is 13.6 Å². The Morgan fingerprint density at radius 1 is 0.591 bits per heavy atom. The molecule has 44 heavy (non-hydrogen) atoms. The lowest BCUT2D eigenvalue weighted by molar-refractivity contribution is -0.0736. The Bertz CT molecular complexity index is 1420. The Morgan fingerprint density at radius 3 is 1.32 bits per heavy atom. The van der Waals surface area contributed by atoms with Crippen LogP contribution in [-0.2, 0) is 13.6 Å². The highest BCUT2D eigenvalue weighted by atomic mass is 28.4. The van der Waals surface area contributed by atoms with Gasteiger partial charge >= 0.3 is 0 Å². The number of aliphatic hydroxyl groups excluding tert-OH is 1. The van der Waals surface area contributed by atoms with E-state index in [2.05, 4.69) is 139 Å². The summed E-state index contributed by atoms with van der Waals surface area (Å²) in [5, 5.41) is 16.3. The largest absolute Gasteiger partial charge is 0.493 e. The van der Waals surface area contributed by atoms with Crippen LogP contribution in [0.25, 0.3) is 0 Å². The number of hydrogen-bond donors (Lipinski definition) is 1. The van der Waals surface area contributed by atoms with Crippen LogP contribution in [0, 0.1) is 0 Å². The molecule has 1 aliphatic heterocycles. The molecule has 3 atom stereocenters. The van der Waals surface area contributed by atoms with Crippen LogP contribution in [0.4, 0.5) is 0 Å². The van der Waals surface area contributed by atoms with Crippen molar-refractivity contribution in [3.05, 3.63) is 134 Å². The maximum atomic E-state index is 11.9. The number of aliphatic hydroxyl groups is 1. The van der Waals surface area contributed by atoms with Crippen LogP contribution in [-0.4, -0.2) is 46.7 Å². The molecule has 0 amide bonds. The maximum absolute atomic E-state index is 11.9. The van der Waals surface area contributed by atoms with Gasteiger partial charge in [0.2, 0.25) is 0 Å². The molecule has 1 heterocycles. The first-order chi connectivity index (χ1) is 21.0. The summed E-state index contributed by atoms with van der Waals surface area (Å²) in [7, 11) is -5.72. The smallest absolute Gasteiger partial charge is 0.262 e. The van der Waals surface area contributed by atoms with Crippen molar-refractivity contribution in [1.82, 2.24) is 0 Å². The molecule has 4 aromatic rings. The van der Waals surface area contributed by atoms with Crippen LogP contribution in [0.1, 0.15) is 41.5 Å². The molecule has 6 heteroatoms. The van der Waals surface area contributed by atoms with Crippen LogP contribution >= 0.6 is 0 Å². The highest BCUT2D eigenvalue weighted by Gasteiger charge is 2.54. The number of hydrogen-bond acceptors (Lipinski definition) is 4. The zero-order chi connectivity index (χ0) is 31.4. The van der Waals surface area contributed by atoms with Crippen molar-refractivity contribution < 1.29 is 18.7 Å². The first-order valence-corrected chi connectivity index (χ1v) is 19.4. The topological polar surface area (TPSA) is 47.9 Å². The lowest BCUT2D eigenvalue weighted by atomic mass is 10.1. The summed E-state index contributed by atoms with van der Waals surface area (Å²) >= 11 is 0. The molecular formula is C38H46O4Si2. The highest BCUT2D eigenvalue weighted by Crippen LogP contribution is 2.40. The van der Waals surface area contributed by atoms with Gasteiger partial charge in [0, 0.05) is 0 Å². The molecule has 3 unspecified atom stereocenters. The van der Waals surface area contributed by atoms with Gasteiger partial charge in [0.1, 0.15) is 12.2 Å². The second-order valence-corrected chi connectivity index (χ2v) is 22.3. The molecule has 0 aromatic heterocycles. The molecule has 4 nitrogen and oxygen atoms in total. The van der Waals surface area contributed by atoms with E-state index in [1.54, 1.807) is 6.26 Å². The lowest BCUT2D eigenvalue weighted by Gasteiger charge is -2.47. The minimum atomic E-state index is -2.90. The van der Waals surface area contributed by atoms with E-state index in [0.29, 0.717) is 0 Å². The van der Waals surface area contributed by atoms with Gasteiger partial charge in [-0.2, -0.15) is 0 Å². The van der Waals surface area contributed by atoms with Crippen LogP contribution in [0.2, 0.25) is 10.1 Å². The summed E-state index contributed by atoms with van der Waals surface area (Å²) in [5.74, 6) is 0. The molecule has 230 valence electrons. The van der Waals surface area contributed by atoms with Crippen LogP contribution in [0.5, 0.6) is 0 Å². The zero-order valence-corrected chi connectivity index (χ0v) is 28.8. The van der Waals surface area contributed by atoms with Gasteiger partial charge in [0.15, 0.2) is 0 Å². The van der Waals surface area contributed by atoms with Gasteiger partial charge in [-0.1, -0.05) is 163 Å².